The van der Waals surface area contributed by atoms with Gasteiger partial charge in [-0.15, -0.1) is 0 Å². The highest BCUT2D eigenvalue weighted by Gasteiger charge is 2.46. The molecule has 0 saturated carbocycles. The Bertz CT molecular complexity index is 437. The Morgan fingerprint density at radius 3 is 2.25 bits per heavy atom. The molecule has 1 aromatic rings. The van der Waals surface area contributed by atoms with E-state index >= 15 is 0 Å². The van der Waals surface area contributed by atoms with Gasteiger partial charge in [-0.3, -0.25) is 0 Å². The molecule has 20 heavy (non-hydrogen) atoms. The molecule has 1 fully saturated rings. The Labute approximate surface area is 115 Å². The third-order valence-corrected chi connectivity index (χ3v) is 3.36. The maximum atomic E-state index is 12.8. The van der Waals surface area contributed by atoms with Crippen LogP contribution >= 0.6 is 0 Å². The molecule has 2 rings (SSSR count). The first kappa shape index (κ1) is 15.3. The molecule has 6 nitrogen and oxygen atoms in total. The van der Waals surface area contributed by atoms with E-state index in [1.807, 2.05) is 0 Å². The second-order valence-corrected chi connectivity index (χ2v) is 4.67. The zero-order chi connectivity index (χ0) is 14.9. The molecule has 0 bridgehead atoms. The molecule has 112 valence electrons. The van der Waals surface area contributed by atoms with Crippen LogP contribution in [0.5, 0.6) is 0 Å². The van der Waals surface area contributed by atoms with Gasteiger partial charge in [-0.2, -0.15) is 0 Å². The van der Waals surface area contributed by atoms with E-state index in [2.05, 4.69) is 0 Å². The summed E-state index contributed by atoms with van der Waals surface area (Å²) in [6, 6.07) is 5.00. The summed E-state index contributed by atoms with van der Waals surface area (Å²) in [5.41, 5.74) is 0.314. The average molecular weight is 288 g/mol. The maximum absolute atomic E-state index is 12.8. The summed E-state index contributed by atoms with van der Waals surface area (Å²) in [6.45, 7) is 0. The summed E-state index contributed by atoms with van der Waals surface area (Å²) in [7, 11) is 1.26. The molecule has 0 radical (unpaired) electrons. The van der Waals surface area contributed by atoms with E-state index in [4.69, 9.17) is 9.47 Å². The molecule has 6 atom stereocenters. The summed E-state index contributed by atoms with van der Waals surface area (Å²) in [5, 5.41) is 39.4. The van der Waals surface area contributed by atoms with Gasteiger partial charge in [0.15, 0.2) is 6.29 Å². The molecular weight excluding hydrogens is 271 g/mol. The van der Waals surface area contributed by atoms with E-state index < -0.39 is 42.6 Å². The van der Waals surface area contributed by atoms with Crippen molar-refractivity contribution >= 4 is 0 Å². The van der Waals surface area contributed by atoms with Gasteiger partial charge in [-0.05, 0) is 17.7 Å². The van der Waals surface area contributed by atoms with Crippen LogP contribution in [-0.4, -0.2) is 58.2 Å². The van der Waals surface area contributed by atoms with Crippen molar-refractivity contribution in [1.29, 1.82) is 0 Å². The average Bonchev–Trinajstić information content (AvgIpc) is 2.45. The normalized spacial score (nSPS) is 35.8. The molecular formula is C13H17FO6. The molecule has 0 spiro atoms. The number of halogens is 1. The number of aliphatic hydroxyl groups is 4. The number of aliphatic hydroxyl groups excluding tert-OH is 4. The summed E-state index contributed by atoms with van der Waals surface area (Å²) < 4.78 is 22.9. The summed E-state index contributed by atoms with van der Waals surface area (Å²) >= 11 is 0. The summed E-state index contributed by atoms with van der Waals surface area (Å²) in [4.78, 5) is 0. The molecule has 1 aromatic carbocycles. The highest BCUT2D eigenvalue weighted by atomic mass is 19.1. The number of rotatable bonds is 3. The predicted octanol–water partition coefficient (Wildman–Crippen LogP) is -0.687. The topological polar surface area (TPSA) is 99.4 Å². The quantitative estimate of drug-likeness (QED) is 0.588. The number of hydrogen-bond donors (Lipinski definition) is 4. The lowest BCUT2D eigenvalue weighted by Gasteiger charge is -2.41. The van der Waals surface area contributed by atoms with Gasteiger partial charge < -0.3 is 29.9 Å². The SMILES string of the molecule is CO[C@H]1O[C@H]([C@@H](O)c2ccc(F)cc2)[C@@H](O)[C@H](O)[C@H]1O. The molecule has 1 heterocycles. The minimum absolute atomic E-state index is 0.314. The van der Waals surface area contributed by atoms with Crippen LogP contribution in [-0.2, 0) is 9.47 Å². The number of ether oxygens (including phenoxy) is 2. The zero-order valence-corrected chi connectivity index (χ0v) is 10.8. The predicted molar refractivity (Wildman–Crippen MR) is 65.1 cm³/mol. The van der Waals surface area contributed by atoms with Crippen molar-refractivity contribution in [3.8, 4) is 0 Å². The van der Waals surface area contributed by atoms with Gasteiger partial charge >= 0.3 is 0 Å². The van der Waals surface area contributed by atoms with Crippen LogP contribution in [0.3, 0.4) is 0 Å². The standard InChI is InChI=1S/C13H17FO6/c1-19-13-11(18)9(16)10(17)12(20-13)8(15)6-2-4-7(14)5-3-6/h2-5,8-13,15-18H,1H3/t8-,9-,10-,11+,12+,13-/m0/s1. The van der Waals surface area contributed by atoms with Crippen LogP contribution in [0.2, 0.25) is 0 Å². The molecule has 1 aliphatic rings. The van der Waals surface area contributed by atoms with Crippen molar-refractivity contribution in [2.24, 2.45) is 0 Å². The lowest BCUT2D eigenvalue weighted by molar-refractivity contribution is -0.305. The zero-order valence-electron chi connectivity index (χ0n) is 10.8. The minimum atomic E-state index is -1.52. The van der Waals surface area contributed by atoms with Crippen molar-refractivity contribution in [1.82, 2.24) is 0 Å². The third kappa shape index (κ3) is 2.83. The van der Waals surface area contributed by atoms with Crippen LogP contribution in [0.15, 0.2) is 24.3 Å². The Morgan fingerprint density at radius 2 is 1.70 bits per heavy atom. The number of benzene rings is 1. The van der Waals surface area contributed by atoms with Gasteiger partial charge in [0.1, 0.15) is 36.3 Å². The van der Waals surface area contributed by atoms with E-state index in [9.17, 15) is 24.8 Å². The number of hydrogen-bond acceptors (Lipinski definition) is 6. The highest BCUT2D eigenvalue weighted by Crippen LogP contribution is 2.30. The summed E-state index contributed by atoms with van der Waals surface area (Å²) in [5.74, 6) is -0.462. The molecule has 0 amide bonds. The lowest BCUT2D eigenvalue weighted by Crippen LogP contribution is -2.59. The smallest absolute Gasteiger partial charge is 0.186 e. The molecule has 4 N–H and O–H groups in total. The fourth-order valence-corrected chi connectivity index (χ4v) is 2.18. The molecule has 7 heteroatoms. The second kappa shape index (κ2) is 6.13. The van der Waals surface area contributed by atoms with Gasteiger partial charge in [0, 0.05) is 7.11 Å². The lowest BCUT2D eigenvalue weighted by atomic mass is 9.92. The van der Waals surface area contributed by atoms with Crippen LogP contribution in [0.4, 0.5) is 4.39 Å². The Kier molecular flexibility index (Phi) is 4.69. The second-order valence-electron chi connectivity index (χ2n) is 4.67. The Balaban J connectivity index is 2.19. The van der Waals surface area contributed by atoms with Crippen molar-refractivity contribution in [2.45, 2.75) is 36.8 Å². The molecule has 0 aromatic heterocycles. The molecule has 1 saturated heterocycles. The van der Waals surface area contributed by atoms with Crippen molar-refractivity contribution < 1.29 is 34.3 Å². The fraction of sp³-hybridized carbons (Fsp3) is 0.538. The minimum Gasteiger partial charge on any atom is -0.387 e. The summed E-state index contributed by atoms with van der Waals surface area (Å²) in [6.07, 6.45) is -8.13. The van der Waals surface area contributed by atoms with Crippen molar-refractivity contribution in [2.75, 3.05) is 7.11 Å². The largest absolute Gasteiger partial charge is 0.387 e. The fourth-order valence-electron chi connectivity index (χ4n) is 2.18. The van der Waals surface area contributed by atoms with Gasteiger partial charge in [-0.25, -0.2) is 4.39 Å². The molecule has 0 aliphatic carbocycles. The van der Waals surface area contributed by atoms with Gasteiger partial charge in [-0.1, -0.05) is 12.1 Å². The maximum Gasteiger partial charge on any atom is 0.186 e. The molecule has 0 unspecified atom stereocenters. The first-order valence-electron chi connectivity index (χ1n) is 6.11. The van der Waals surface area contributed by atoms with Gasteiger partial charge in [0.2, 0.25) is 0 Å². The van der Waals surface area contributed by atoms with Crippen molar-refractivity contribution in [3.05, 3.63) is 35.6 Å². The van der Waals surface area contributed by atoms with E-state index in [-0.39, 0.29) is 0 Å². The first-order chi connectivity index (χ1) is 9.45. The van der Waals surface area contributed by atoms with Crippen LogP contribution in [0.25, 0.3) is 0 Å². The van der Waals surface area contributed by atoms with E-state index in [1.54, 1.807) is 0 Å². The van der Waals surface area contributed by atoms with Crippen LogP contribution < -0.4 is 0 Å². The first-order valence-corrected chi connectivity index (χ1v) is 6.11. The highest BCUT2D eigenvalue weighted by molar-refractivity contribution is 5.20. The third-order valence-electron chi connectivity index (χ3n) is 3.36. The van der Waals surface area contributed by atoms with Gasteiger partial charge in [0.05, 0.1) is 0 Å². The number of methoxy groups -OCH3 is 1. The van der Waals surface area contributed by atoms with Crippen molar-refractivity contribution in [3.63, 3.8) is 0 Å². The van der Waals surface area contributed by atoms with Crippen LogP contribution in [0, 0.1) is 5.82 Å². The monoisotopic (exact) mass is 288 g/mol. The van der Waals surface area contributed by atoms with E-state index in [0.717, 1.165) is 12.1 Å². The van der Waals surface area contributed by atoms with Crippen LogP contribution in [0.1, 0.15) is 11.7 Å². The Hall–Kier alpha value is -1.09. The molecule has 1 aliphatic heterocycles. The van der Waals surface area contributed by atoms with E-state index in [0.29, 0.717) is 5.56 Å². The van der Waals surface area contributed by atoms with E-state index in [1.165, 1.54) is 19.2 Å². The Morgan fingerprint density at radius 1 is 1.10 bits per heavy atom. The van der Waals surface area contributed by atoms with Gasteiger partial charge in [0.25, 0.3) is 0 Å².